The van der Waals surface area contributed by atoms with Crippen molar-refractivity contribution in [2.24, 2.45) is 0 Å². The van der Waals surface area contributed by atoms with Gasteiger partial charge in [0.2, 0.25) is 0 Å². The molecular weight excluding hydrogens is 248 g/mol. The molecule has 0 N–H and O–H groups in total. The van der Waals surface area contributed by atoms with Crippen molar-refractivity contribution in [3.05, 3.63) is 36.2 Å². The predicted octanol–water partition coefficient (Wildman–Crippen LogP) is 2.41. The fourth-order valence-electron chi connectivity index (χ4n) is 2.56. The number of allylic oxidation sites excluding steroid dienone is 1. The molecule has 1 saturated heterocycles. The van der Waals surface area contributed by atoms with Gasteiger partial charge in [-0.05, 0) is 32.2 Å². The summed E-state index contributed by atoms with van der Waals surface area (Å²) in [5.74, 6) is 1.86. The van der Waals surface area contributed by atoms with E-state index in [1.165, 1.54) is 0 Å². The monoisotopic (exact) mass is 268 g/mol. The van der Waals surface area contributed by atoms with Crippen LogP contribution in [0.2, 0.25) is 0 Å². The molecule has 1 aliphatic heterocycles. The first-order chi connectivity index (χ1) is 9.78. The van der Waals surface area contributed by atoms with Crippen LogP contribution in [0.1, 0.15) is 12.7 Å². The van der Waals surface area contributed by atoms with Gasteiger partial charge in [0, 0.05) is 31.6 Å². The summed E-state index contributed by atoms with van der Waals surface area (Å²) in [5, 5.41) is 1.14. The van der Waals surface area contributed by atoms with Gasteiger partial charge < -0.3 is 9.80 Å². The molecular formula is C16H20N4. The van der Waals surface area contributed by atoms with Crippen molar-refractivity contribution < 1.29 is 0 Å². The van der Waals surface area contributed by atoms with Gasteiger partial charge >= 0.3 is 0 Å². The van der Waals surface area contributed by atoms with Gasteiger partial charge in [-0.1, -0.05) is 18.2 Å². The largest absolute Gasteiger partial charge is 0.353 e. The van der Waals surface area contributed by atoms with E-state index in [0.29, 0.717) is 0 Å². The summed E-state index contributed by atoms with van der Waals surface area (Å²) < 4.78 is 0. The van der Waals surface area contributed by atoms with Gasteiger partial charge in [-0.25, -0.2) is 9.97 Å². The first-order valence-electron chi connectivity index (χ1n) is 7.11. The smallest absolute Gasteiger partial charge is 0.154 e. The number of benzene rings is 1. The summed E-state index contributed by atoms with van der Waals surface area (Å²) in [6.45, 7) is 6.20. The molecule has 0 amide bonds. The second-order valence-electron chi connectivity index (χ2n) is 5.21. The van der Waals surface area contributed by atoms with Crippen LogP contribution < -0.4 is 4.90 Å². The maximum atomic E-state index is 4.75. The van der Waals surface area contributed by atoms with Gasteiger partial charge in [0.05, 0.1) is 5.52 Å². The van der Waals surface area contributed by atoms with Crippen molar-refractivity contribution >= 4 is 22.8 Å². The Hall–Kier alpha value is -1.94. The molecule has 0 saturated carbocycles. The molecule has 0 aliphatic carbocycles. The molecule has 1 aliphatic rings. The van der Waals surface area contributed by atoms with Crippen molar-refractivity contribution in [3.63, 3.8) is 0 Å². The zero-order valence-corrected chi connectivity index (χ0v) is 12.1. The van der Waals surface area contributed by atoms with Crippen LogP contribution in [0.4, 0.5) is 5.82 Å². The average Bonchev–Trinajstić information content (AvgIpc) is 2.48. The maximum absolute atomic E-state index is 4.75. The number of hydrogen-bond donors (Lipinski definition) is 0. The van der Waals surface area contributed by atoms with E-state index in [2.05, 4.69) is 40.0 Å². The highest BCUT2D eigenvalue weighted by Gasteiger charge is 2.18. The topological polar surface area (TPSA) is 32.3 Å². The quantitative estimate of drug-likeness (QED) is 0.837. The van der Waals surface area contributed by atoms with Gasteiger partial charge in [0.25, 0.3) is 0 Å². The molecule has 4 nitrogen and oxygen atoms in total. The van der Waals surface area contributed by atoms with E-state index < -0.39 is 0 Å². The van der Waals surface area contributed by atoms with Crippen LogP contribution in [0.25, 0.3) is 17.0 Å². The van der Waals surface area contributed by atoms with Gasteiger partial charge in [-0.3, -0.25) is 0 Å². The number of aromatic nitrogens is 2. The van der Waals surface area contributed by atoms with E-state index in [1.54, 1.807) is 0 Å². The number of anilines is 1. The Morgan fingerprint density at radius 1 is 1.05 bits per heavy atom. The van der Waals surface area contributed by atoms with Crippen molar-refractivity contribution in [2.75, 3.05) is 38.1 Å². The Labute approximate surface area is 119 Å². The molecule has 104 valence electrons. The Bertz CT molecular complexity index is 627. The first kappa shape index (κ1) is 13.1. The van der Waals surface area contributed by atoms with E-state index in [4.69, 9.17) is 4.98 Å². The van der Waals surface area contributed by atoms with Crippen molar-refractivity contribution in [3.8, 4) is 0 Å². The highest BCUT2D eigenvalue weighted by Crippen LogP contribution is 2.25. The normalized spacial score (nSPS) is 17.2. The molecule has 0 unspecified atom stereocenters. The number of piperazine rings is 1. The third-order valence-corrected chi connectivity index (χ3v) is 3.72. The molecule has 0 bridgehead atoms. The van der Waals surface area contributed by atoms with E-state index in [0.717, 1.165) is 48.7 Å². The third kappa shape index (κ3) is 2.51. The maximum Gasteiger partial charge on any atom is 0.154 e. The summed E-state index contributed by atoms with van der Waals surface area (Å²) in [4.78, 5) is 14.1. The lowest BCUT2D eigenvalue weighted by molar-refractivity contribution is 0.312. The molecule has 4 heteroatoms. The minimum Gasteiger partial charge on any atom is -0.353 e. The third-order valence-electron chi connectivity index (χ3n) is 3.72. The van der Waals surface area contributed by atoms with Crippen molar-refractivity contribution in [1.29, 1.82) is 0 Å². The van der Waals surface area contributed by atoms with Gasteiger partial charge in [0.1, 0.15) is 5.82 Å². The number of hydrogen-bond acceptors (Lipinski definition) is 4. The number of rotatable bonds is 2. The van der Waals surface area contributed by atoms with Crippen LogP contribution in [0, 0.1) is 0 Å². The number of fused-ring (bicyclic) bond motifs is 1. The lowest BCUT2D eigenvalue weighted by Gasteiger charge is -2.33. The minimum absolute atomic E-state index is 0.792. The summed E-state index contributed by atoms with van der Waals surface area (Å²) in [6, 6.07) is 8.26. The second-order valence-corrected chi connectivity index (χ2v) is 5.21. The lowest BCUT2D eigenvalue weighted by atomic mass is 10.2. The van der Waals surface area contributed by atoms with Crippen LogP contribution >= 0.6 is 0 Å². The molecule has 1 aromatic heterocycles. The molecule has 0 spiro atoms. The zero-order chi connectivity index (χ0) is 13.9. The lowest BCUT2D eigenvalue weighted by Crippen LogP contribution is -2.45. The summed E-state index contributed by atoms with van der Waals surface area (Å²) in [5.41, 5.74) is 1.02. The molecule has 2 aromatic rings. The summed E-state index contributed by atoms with van der Waals surface area (Å²) in [7, 11) is 2.17. The van der Waals surface area contributed by atoms with E-state index in [1.807, 2.05) is 25.1 Å². The standard InChI is InChI=1S/C16H20N4/c1-3-6-15-17-14-8-5-4-7-13(14)16(18-15)20-11-9-19(2)10-12-20/h3-8H,9-12H2,1-2H3/b6-3+. The molecule has 2 heterocycles. The van der Waals surface area contributed by atoms with Crippen molar-refractivity contribution in [1.82, 2.24) is 14.9 Å². The van der Waals surface area contributed by atoms with Gasteiger partial charge in [-0.2, -0.15) is 0 Å². The van der Waals surface area contributed by atoms with Crippen LogP contribution in [0.3, 0.4) is 0 Å². The fraction of sp³-hybridized carbons (Fsp3) is 0.375. The number of likely N-dealkylation sites (N-methyl/N-ethyl adjacent to an activating group) is 1. The molecule has 20 heavy (non-hydrogen) atoms. The SMILES string of the molecule is C/C=C/c1nc(N2CCN(C)CC2)c2ccccc2n1. The van der Waals surface area contributed by atoms with Gasteiger partial charge in [-0.15, -0.1) is 0 Å². The minimum atomic E-state index is 0.792. The summed E-state index contributed by atoms with van der Waals surface area (Å²) in [6.07, 6.45) is 3.95. The Balaban J connectivity index is 2.07. The molecule has 0 radical (unpaired) electrons. The second kappa shape index (κ2) is 5.59. The molecule has 3 rings (SSSR count). The fourth-order valence-corrected chi connectivity index (χ4v) is 2.56. The summed E-state index contributed by atoms with van der Waals surface area (Å²) >= 11 is 0. The van der Waals surface area contributed by atoms with Crippen molar-refractivity contribution in [2.45, 2.75) is 6.92 Å². The van der Waals surface area contributed by atoms with Crippen LogP contribution in [-0.2, 0) is 0 Å². The molecule has 0 atom stereocenters. The van der Waals surface area contributed by atoms with E-state index in [9.17, 15) is 0 Å². The van der Waals surface area contributed by atoms with Gasteiger partial charge in [0.15, 0.2) is 5.82 Å². The highest BCUT2D eigenvalue weighted by molar-refractivity contribution is 5.90. The molecule has 1 fully saturated rings. The van der Waals surface area contributed by atoms with Crippen LogP contribution in [0.5, 0.6) is 0 Å². The number of nitrogens with zero attached hydrogens (tertiary/aromatic N) is 4. The van der Waals surface area contributed by atoms with Crippen LogP contribution in [-0.4, -0.2) is 48.1 Å². The highest BCUT2D eigenvalue weighted by atomic mass is 15.3. The van der Waals surface area contributed by atoms with E-state index in [-0.39, 0.29) is 0 Å². The van der Waals surface area contributed by atoms with E-state index >= 15 is 0 Å². The Kier molecular flexibility index (Phi) is 3.65. The first-order valence-corrected chi connectivity index (χ1v) is 7.11. The predicted molar refractivity (Wildman–Crippen MR) is 84.0 cm³/mol. The van der Waals surface area contributed by atoms with Crippen LogP contribution in [0.15, 0.2) is 30.3 Å². The zero-order valence-electron chi connectivity index (χ0n) is 12.1. The Morgan fingerprint density at radius 3 is 2.55 bits per heavy atom. The average molecular weight is 268 g/mol. The molecule has 1 aromatic carbocycles. The Morgan fingerprint density at radius 2 is 1.80 bits per heavy atom. The number of para-hydroxylation sites is 1.